The zero-order valence-electron chi connectivity index (χ0n) is 33.2. The first kappa shape index (κ1) is 42.0. The third kappa shape index (κ3) is 9.02. The van der Waals surface area contributed by atoms with Crippen molar-refractivity contribution in [1.82, 2.24) is 19.9 Å². The summed E-state index contributed by atoms with van der Waals surface area (Å²) in [6.45, 7) is -0.133. The molecule has 5 atom stereocenters. The highest BCUT2D eigenvalue weighted by molar-refractivity contribution is 7.91. The number of allylic oxidation sites excluding steroid dienone is 1. The Hall–Kier alpha value is -5.71. The van der Waals surface area contributed by atoms with Gasteiger partial charge in [-0.1, -0.05) is 55.3 Å². The number of fused-ring (bicyclic) bond motifs is 3. The van der Waals surface area contributed by atoms with Crippen LogP contribution in [0.25, 0.3) is 22.2 Å². The van der Waals surface area contributed by atoms with E-state index in [9.17, 15) is 40.4 Å². The maximum atomic E-state index is 14.8. The van der Waals surface area contributed by atoms with Gasteiger partial charge in [0.05, 0.1) is 35.7 Å². The van der Waals surface area contributed by atoms with Crippen LogP contribution in [0.3, 0.4) is 0 Å². The fraction of sp³-hybridized carbons (Fsp3) is 0.409. The third-order valence-corrected chi connectivity index (χ3v) is 13.6. The van der Waals surface area contributed by atoms with E-state index in [2.05, 4.69) is 15.4 Å². The first-order chi connectivity index (χ1) is 29.1. The maximum Gasteiger partial charge on any atom is 0.419 e. The Kier molecular flexibility index (Phi) is 11.4. The SMILES string of the molecule is COc1ccc2c(O[C@@H]3C[C@H]4C(=O)N[C@]5(C(=O)NS(=O)(=O)C6CC6)C[C@H]5/C=C\CCCCC[C@H](Nc5ccc(F)c(C(F)(F)F)c5)C(=O)N4C3)cc(-c3ccccc3)nc2c1. The van der Waals surface area contributed by atoms with Crippen molar-refractivity contribution in [3.63, 3.8) is 0 Å². The number of anilines is 1. The second kappa shape index (κ2) is 16.6. The molecule has 8 rings (SSSR count). The molecule has 0 bridgehead atoms. The fourth-order valence-electron chi connectivity index (χ4n) is 8.22. The van der Waals surface area contributed by atoms with E-state index in [0.29, 0.717) is 78.8 Å². The molecule has 1 aromatic heterocycles. The van der Waals surface area contributed by atoms with Crippen LogP contribution in [0.1, 0.15) is 63.4 Å². The van der Waals surface area contributed by atoms with Crippen LogP contribution in [0, 0.1) is 11.7 Å². The van der Waals surface area contributed by atoms with Crippen molar-refractivity contribution >= 4 is 44.3 Å². The quantitative estimate of drug-likeness (QED) is 0.120. The number of aromatic nitrogens is 1. The molecule has 2 aliphatic heterocycles. The Morgan fingerprint density at radius 1 is 0.984 bits per heavy atom. The number of hydrogen-bond acceptors (Lipinski definition) is 9. The van der Waals surface area contributed by atoms with Gasteiger partial charge in [0, 0.05) is 41.1 Å². The van der Waals surface area contributed by atoms with E-state index in [1.165, 1.54) is 12.0 Å². The van der Waals surface area contributed by atoms with E-state index in [0.717, 1.165) is 11.6 Å². The topological polar surface area (TPSA) is 156 Å². The van der Waals surface area contributed by atoms with Gasteiger partial charge in [0.15, 0.2) is 0 Å². The number of halogens is 4. The fourth-order valence-corrected chi connectivity index (χ4v) is 9.58. The predicted octanol–water partition coefficient (Wildman–Crippen LogP) is 6.90. The lowest BCUT2D eigenvalue weighted by atomic mass is 10.0. The van der Waals surface area contributed by atoms with Crippen molar-refractivity contribution in [3.8, 4) is 22.8 Å². The second-order valence-corrected chi connectivity index (χ2v) is 18.1. The van der Waals surface area contributed by atoms with Crippen LogP contribution in [0.15, 0.2) is 84.9 Å². The van der Waals surface area contributed by atoms with Gasteiger partial charge >= 0.3 is 6.18 Å². The molecule has 4 aromatic rings. The zero-order valence-corrected chi connectivity index (χ0v) is 34.0. The molecular weight excluding hydrogens is 819 g/mol. The Balaban J connectivity index is 1.15. The number of methoxy groups -OCH3 is 1. The molecule has 17 heteroatoms. The van der Waals surface area contributed by atoms with E-state index >= 15 is 0 Å². The predicted molar refractivity (Wildman–Crippen MR) is 218 cm³/mol. The molecule has 3 fully saturated rings. The minimum Gasteiger partial charge on any atom is -0.497 e. The van der Waals surface area contributed by atoms with Crippen molar-refractivity contribution in [2.24, 2.45) is 5.92 Å². The Morgan fingerprint density at radius 3 is 2.51 bits per heavy atom. The number of hydrogen-bond donors (Lipinski definition) is 3. The average molecular weight is 864 g/mol. The average Bonchev–Trinajstić information content (AvgIpc) is 4.16. The Bertz CT molecular complexity index is 2480. The number of nitrogens with one attached hydrogen (secondary N) is 3. The van der Waals surface area contributed by atoms with Crippen LogP contribution in [0.5, 0.6) is 11.5 Å². The van der Waals surface area contributed by atoms with Crippen LogP contribution < -0.4 is 24.8 Å². The summed E-state index contributed by atoms with van der Waals surface area (Å²) in [5.74, 6) is -3.22. The Morgan fingerprint density at radius 2 is 1.77 bits per heavy atom. The van der Waals surface area contributed by atoms with Gasteiger partial charge in [-0.25, -0.2) is 17.8 Å². The molecule has 3 heterocycles. The molecule has 2 aliphatic carbocycles. The summed E-state index contributed by atoms with van der Waals surface area (Å²) in [6, 6.07) is 16.5. The van der Waals surface area contributed by atoms with Crippen LogP contribution in [0.2, 0.25) is 0 Å². The van der Waals surface area contributed by atoms with Gasteiger partial charge in [-0.2, -0.15) is 13.2 Å². The first-order valence-electron chi connectivity index (χ1n) is 20.3. The van der Waals surface area contributed by atoms with E-state index in [1.54, 1.807) is 30.3 Å². The molecule has 12 nitrogen and oxygen atoms in total. The molecular formula is C44H45F4N5O7S. The summed E-state index contributed by atoms with van der Waals surface area (Å²) < 4.78 is 95.8. The largest absolute Gasteiger partial charge is 0.497 e. The Labute approximate surface area is 350 Å². The van der Waals surface area contributed by atoms with Gasteiger partial charge in [0.25, 0.3) is 5.91 Å². The number of amides is 3. The van der Waals surface area contributed by atoms with Gasteiger partial charge in [0.2, 0.25) is 21.8 Å². The van der Waals surface area contributed by atoms with Crippen molar-refractivity contribution in [2.75, 3.05) is 19.0 Å². The number of carbonyl (C=O) groups is 3. The van der Waals surface area contributed by atoms with Gasteiger partial charge < -0.3 is 25.0 Å². The van der Waals surface area contributed by atoms with Gasteiger partial charge in [-0.3, -0.25) is 19.1 Å². The summed E-state index contributed by atoms with van der Waals surface area (Å²) in [5, 5.41) is 5.67. The molecule has 2 saturated carbocycles. The second-order valence-electron chi connectivity index (χ2n) is 16.1. The number of rotatable bonds is 9. The zero-order chi connectivity index (χ0) is 43.1. The van der Waals surface area contributed by atoms with E-state index in [4.69, 9.17) is 14.5 Å². The summed E-state index contributed by atoms with van der Waals surface area (Å²) in [4.78, 5) is 49.4. The molecule has 0 radical (unpaired) electrons. The molecule has 3 amide bonds. The monoisotopic (exact) mass is 863 g/mol. The minimum atomic E-state index is -4.99. The standard InChI is InChI=1S/C44H45F4N5O7S/c1-59-29-15-18-32-37(21-29)50-36(26-10-6-5-7-11-26)23-39(32)60-30-22-38-40(54)51-43(42(56)52-61(57,58)31-16-17-31)24-27(43)12-8-3-2-4-9-13-35(41(55)53(38)25-30)49-28-14-19-34(45)33(20-28)44(46,47)48/h5-8,10-12,14-15,18-21,23,27,30-31,35,38,49H,2-4,9,13,16-17,22,24-25H2,1H3,(H,51,54)(H,52,56)/b12-8-/t27-,30-,35+,38+,43-/m1/s1. The van der Waals surface area contributed by atoms with E-state index in [-0.39, 0.29) is 31.5 Å². The molecule has 3 aromatic carbocycles. The van der Waals surface area contributed by atoms with E-state index in [1.807, 2.05) is 36.4 Å². The van der Waals surface area contributed by atoms with Crippen LogP contribution in [-0.4, -0.2) is 78.7 Å². The number of sulfonamides is 1. The van der Waals surface area contributed by atoms with Gasteiger partial charge in [-0.15, -0.1) is 0 Å². The number of pyridine rings is 1. The van der Waals surface area contributed by atoms with E-state index < -0.39 is 80.2 Å². The number of carbonyl (C=O) groups excluding carboxylic acids is 3. The summed E-state index contributed by atoms with van der Waals surface area (Å²) in [6.07, 6.45) is 1.36. The molecule has 4 aliphatic rings. The summed E-state index contributed by atoms with van der Waals surface area (Å²) in [5.41, 5.74) is -1.30. The third-order valence-electron chi connectivity index (χ3n) is 11.8. The first-order valence-corrected chi connectivity index (χ1v) is 21.9. The van der Waals surface area contributed by atoms with Crippen LogP contribution in [-0.2, 0) is 30.6 Å². The normalized spacial score (nSPS) is 25.3. The molecule has 0 unspecified atom stereocenters. The molecule has 61 heavy (non-hydrogen) atoms. The molecule has 0 spiro atoms. The maximum absolute atomic E-state index is 14.8. The molecule has 1 saturated heterocycles. The van der Waals surface area contributed by atoms with Crippen molar-refractivity contribution < 1.29 is 49.8 Å². The lowest BCUT2D eigenvalue weighted by Crippen LogP contribution is -2.57. The van der Waals surface area contributed by atoms with Crippen LogP contribution >= 0.6 is 0 Å². The smallest absolute Gasteiger partial charge is 0.419 e. The highest BCUT2D eigenvalue weighted by Crippen LogP contribution is 2.46. The lowest BCUT2D eigenvalue weighted by Gasteiger charge is -2.30. The number of ether oxygens (including phenoxy) is 2. The lowest BCUT2D eigenvalue weighted by molar-refractivity contribution is -0.140. The van der Waals surface area contributed by atoms with Crippen molar-refractivity contribution in [1.29, 1.82) is 0 Å². The van der Waals surface area contributed by atoms with Crippen molar-refractivity contribution in [2.45, 2.75) is 92.9 Å². The molecule has 3 N–H and O–H groups in total. The number of alkyl halides is 3. The van der Waals surface area contributed by atoms with Crippen molar-refractivity contribution in [3.05, 3.63) is 96.3 Å². The minimum absolute atomic E-state index is 0.0573. The van der Waals surface area contributed by atoms with Crippen LogP contribution in [0.4, 0.5) is 23.2 Å². The molecule has 322 valence electrons. The highest BCUT2D eigenvalue weighted by atomic mass is 32.2. The van der Waals surface area contributed by atoms with Gasteiger partial charge in [0.1, 0.15) is 41.0 Å². The van der Waals surface area contributed by atoms with Gasteiger partial charge in [-0.05, 0) is 68.9 Å². The highest BCUT2D eigenvalue weighted by Gasteiger charge is 2.62. The number of benzene rings is 3. The number of nitrogens with zero attached hydrogens (tertiary/aromatic N) is 2. The summed E-state index contributed by atoms with van der Waals surface area (Å²) in [7, 11) is -2.44. The summed E-state index contributed by atoms with van der Waals surface area (Å²) >= 11 is 0.